The summed E-state index contributed by atoms with van der Waals surface area (Å²) in [5.74, 6) is 0. The van der Waals surface area contributed by atoms with Gasteiger partial charge in [-0.15, -0.1) is 0 Å². The van der Waals surface area contributed by atoms with Crippen LogP contribution in [-0.4, -0.2) is 19.3 Å². The Morgan fingerprint density at radius 3 is 2.78 bits per heavy atom. The minimum atomic E-state index is -0.179. The summed E-state index contributed by atoms with van der Waals surface area (Å²) >= 11 is 9.17. The van der Waals surface area contributed by atoms with Crippen molar-refractivity contribution in [3.8, 4) is 0 Å². The van der Waals surface area contributed by atoms with Crippen LogP contribution in [0.5, 0.6) is 0 Å². The van der Waals surface area contributed by atoms with Gasteiger partial charge in [0.25, 0.3) is 5.56 Å². The number of aromatic nitrogens is 4. The Morgan fingerprint density at radius 2 is 2.22 bits per heavy atom. The summed E-state index contributed by atoms with van der Waals surface area (Å²) in [5.41, 5.74) is 1.72. The molecule has 0 bridgehead atoms. The SMILES string of the molecule is CCc1nn(C)c(Cn2cnc(Cl)cc2=O)c1Br. The predicted molar refractivity (Wildman–Crippen MR) is 72.9 cm³/mol. The van der Waals surface area contributed by atoms with Gasteiger partial charge in [0.1, 0.15) is 5.15 Å². The number of rotatable bonds is 3. The summed E-state index contributed by atoms with van der Waals surface area (Å²) in [6.07, 6.45) is 2.28. The lowest BCUT2D eigenvalue weighted by molar-refractivity contribution is 0.640. The van der Waals surface area contributed by atoms with Gasteiger partial charge in [0.15, 0.2) is 0 Å². The predicted octanol–water partition coefficient (Wildman–Crippen LogP) is 2.00. The van der Waals surface area contributed by atoms with Crippen molar-refractivity contribution in [1.82, 2.24) is 19.3 Å². The molecule has 2 heterocycles. The van der Waals surface area contributed by atoms with Gasteiger partial charge in [-0.1, -0.05) is 18.5 Å². The Labute approximate surface area is 118 Å². The van der Waals surface area contributed by atoms with Crippen molar-refractivity contribution in [3.63, 3.8) is 0 Å². The van der Waals surface area contributed by atoms with Crippen LogP contribution in [0.25, 0.3) is 0 Å². The van der Waals surface area contributed by atoms with E-state index in [2.05, 4.69) is 26.0 Å². The zero-order valence-corrected chi connectivity index (χ0v) is 12.4. The zero-order valence-electron chi connectivity index (χ0n) is 10.0. The molecular formula is C11H12BrClN4O. The fourth-order valence-corrected chi connectivity index (χ4v) is 2.55. The quantitative estimate of drug-likeness (QED) is 0.808. The van der Waals surface area contributed by atoms with E-state index in [0.29, 0.717) is 6.54 Å². The van der Waals surface area contributed by atoms with Crippen molar-refractivity contribution < 1.29 is 0 Å². The molecule has 0 aliphatic carbocycles. The molecule has 7 heteroatoms. The Kier molecular flexibility index (Phi) is 3.87. The first-order chi connectivity index (χ1) is 8.52. The molecule has 18 heavy (non-hydrogen) atoms. The molecule has 2 aromatic rings. The van der Waals surface area contributed by atoms with Crippen LogP contribution in [0.1, 0.15) is 18.3 Å². The Bertz CT molecular complexity index is 634. The average molecular weight is 332 g/mol. The third-order valence-corrected chi connectivity index (χ3v) is 3.79. The molecule has 0 unspecified atom stereocenters. The number of halogens is 2. The molecular weight excluding hydrogens is 320 g/mol. The highest BCUT2D eigenvalue weighted by Gasteiger charge is 2.13. The summed E-state index contributed by atoms with van der Waals surface area (Å²) in [7, 11) is 1.85. The first-order valence-corrected chi connectivity index (χ1v) is 6.62. The van der Waals surface area contributed by atoms with Crippen LogP contribution in [0, 0.1) is 0 Å². The summed E-state index contributed by atoms with van der Waals surface area (Å²) in [6, 6.07) is 1.30. The van der Waals surface area contributed by atoms with Crippen LogP contribution in [0.4, 0.5) is 0 Å². The van der Waals surface area contributed by atoms with E-state index in [1.807, 2.05) is 14.0 Å². The molecule has 0 aromatic carbocycles. The molecule has 2 rings (SSSR count). The van der Waals surface area contributed by atoms with Gasteiger partial charge in [-0.25, -0.2) is 4.98 Å². The van der Waals surface area contributed by atoms with Crippen LogP contribution >= 0.6 is 27.5 Å². The Balaban J connectivity index is 2.40. The van der Waals surface area contributed by atoms with E-state index >= 15 is 0 Å². The van der Waals surface area contributed by atoms with Crippen molar-refractivity contribution in [3.05, 3.63) is 43.8 Å². The van der Waals surface area contributed by atoms with Crippen LogP contribution in [0.3, 0.4) is 0 Å². The second-order valence-corrected chi connectivity index (χ2v) is 5.04. The maximum absolute atomic E-state index is 11.7. The van der Waals surface area contributed by atoms with E-state index in [1.54, 1.807) is 4.68 Å². The molecule has 0 saturated heterocycles. The molecule has 0 radical (unpaired) electrons. The fraction of sp³-hybridized carbons (Fsp3) is 0.364. The third-order valence-electron chi connectivity index (χ3n) is 2.67. The normalized spacial score (nSPS) is 10.9. The third kappa shape index (κ3) is 2.49. The van der Waals surface area contributed by atoms with Crippen molar-refractivity contribution in [2.75, 3.05) is 0 Å². The lowest BCUT2D eigenvalue weighted by atomic mass is 10.3. The number of hydrogen-bond acceptors (Lipinski definition) is 3. The van der Waals surface area contributed by atoms with Gasteiger partial charge in [-0.3, -0.25) is 14.0 Å². The topological polar surface area (TPSA) is 52.7 Å². The smallest absolute Gasteiger partial charge is 0.255 e. The fourth-order valence-electron chi connectivity index (χ4n) is 1.68. The maximum atomic E-state index is 11.7. The monoisotopic (exact) mass is 330 g/mol. The highest BCUT2D eigenvalue weighted by molar-refractivity contribution is 9.10. The molecule has 0 aliphatic rings. The van der Waals surface area contributed by atoms with E-state index in [9.17, 15) is 4.79 Å². The second-order valence-electron chi connectivity index (χ2n) is 3.86. The summed E-state index contributed by atoms with van der Waals surface area (Å²) in [6.45, 7) is 2.44. The summed E-state index contributed by atoms with van der Waals surface area (Å²) in [4.78, 5) is 15.6. The van der Waals surface area contributed by atoms with E-state index in [1.165, 1.54) is 17.0 Å². The zero-order chi connectivity index (χ0) is 13.3. The molecule has 2 aromatic heterocycles. The van der Waals surface area contributed by atoms with Crippen LogP contribution in [0.2, 0.25) is 5.15 Å². The van der Waals surface area contributed by atoms with Crippen LogP contribution in [-0.2, 0) is 20.0 Å². The molecule has 0 saturated carbocycles. The minimum absolute atomic E-state index is 0.179. The largest absolute Gasteiger partial charge is 0.293 e. The highest BCUT2D eigenvalue weighted by atomic mass is 79.9. The first-order valence-electron chi connectivity index (χ1n) is 5.45. The lowest BCUT2D eigenvalue weighted by Crippen LogP contribution is -2.21. The Hall–Kier alpha value is -1.14. The first kappa shape index (κ1) is 13.3. The number of nitrogens with zero attached hydrogens (tertiary/aromatic N) is 4. The molecule has 0 aliphatic heterocycles. The van der Waals surface area contributed by atoms with E-state index in [4.69, 9.17) is 11.6 Å². The van der Waals surface area contributed by atoms with Gasteiger partial charge < -0.3 is 0 Å². The molecule has 0 atom stereocenters. The number of hydrogen-bond donors (Lipinski definition) is 0. The van der Waals surface area contributed by atoms with Gasteiger partial charge in [-0.2, -0.15) is 5.10 Å². The number of aryl methyl sites for hydroxylation is 2. The molecule has 96 valence electrons. The molecule has 0 amide bonds. The van der Waals surface area contributed by atoms with E-state index in [0.717, 1.165) is 22.3 Å². The van der Waals surface area contributed by atoms with Gasteiger partial charge >= 0.3 is 0 Å². The van der Waals surface area contributed by atoms with Crippen LogP contribution < -0.4 is 5.56 Å². The van der Waals surface area contributed by atoms with E-state index in [-0.39, 0.29) is 10.7 Å². The molecule has 5 nitrogen and oxygen atoms in total. The Morgan fingerprint density at radius 1 is 1.50 bits per heavy atom. The maximum Gasteiger partial charge on any atom is 0.255 e. The standard InChI is InChI=1S/C11H12BrClN4O/c1-3-7-11(12)8(16(2)15-7)5-17-6-14-9(13)4-10(17)18/h4,6H,3,5H2,1-2H3. The summed E-state index contributed by atoms with van der Waals surface area (Å²) < 4.78 is 4.20. The van der Waals surface area contributed by atoms with E-state index < -0.39 is 0 Å². The second kappa shape index (κ2) is 5.24. The van der Waals surface area contributed by atoms with Crippen molar-refractivity contribution in [2.24, 2.45) is 7.05 Å². The molecule has 0 fully saturated rings. The van der Waals surface area contributed by atoms with Crippen molar-refractivity contribution >= 4 is 27.5 Å². The van der Waals surface area contributed by atoms with Crippen molar-refractivity contribution in [1.29, 1.82) is 0 Å². The van der Waals surface area contributed by atoms with Gasteiger partial charge in [0.05, 0.1) is 28.7 Å². The van der Waals surface area contributed by atoms with Gasteiger partial charge in [0.2, 0.25) is 0 Å². The van der Waals surface area contributed by atoms with Gasteiger partial charge in [-0.05, 0) is 22.4 Å². The minimum Gasteiger partial charge on any atom is -0.293 e. The molecule has 0 N–H and O–H groups in total. The van der Waals surface area contributed by atoms with Crippen molar-refractivity contribution in [2.45, 2.75) is 19.9 Å². The summed E-state index contributed by atoms with van der Waals surface area (Å²) in [5, 5.41) is 4.58. The van der Waals surface area contributed by atoms with Crippen LogP contribution in [0.15, 0.2) is 21.7 Å². The van der Waals surface area contributed by atoms with Gasteiger partial charge in [0, 0.05) is 13.1 Å². The highest BCUT2D eigenvalue weighted by Crippen LogP contribution is 2.21. The lowest BCUT2D eigenvalue weighted by Gasteiger charge is -2.06. The molecule has 0 spiro atoms. The average Bonchev–Trinajstić information content (AvgIpc) is 2.59.